The first kappa shape index (κ1) is 25.0. The number of alkyl halides is 2. The van der Waals surface area contributed by atoms with Gasteiger partial charge in [-0.1, -0.05) is 12.1 Å². The average molecular weight is 516 g/mol. The Morgan fingerprint density at radius 1 is 1.00 bits per heavy atom. The number of anilines is 1. The lowest BCUT2D eigenvalue weighted by atomic mass is 9.94. The van der Waals surface area contributed by atoms with Crippen LogP contribution in [-0.2, 0) is 5.60 Å². The average Bonchev–Trinajstić information content (AvgIpc) is 3.24. The number of halogens is 4. The van der Waals surface area contributed by atoms with Crippen molar-refractivity contribution in [1.82, 2.24) is 24.8 Å². The van der Waals surface area contributed by atoms with Gasteiger partial charge in [-0.15, -0.1) is 0 Å². The van der Waals surface area contributed by atoms with Gasteiger partial charge in [-0.2, -0.15) is 0 Å². The van der Waals surface area contributed by atoms with Crippen LogP contribution >= 0.6 is 0 Å². The minimum Gasteiger partial charge on any atom is -0.384 e. The van der Waals surface area contributed by atoms with Crippen molar-refractivity contribution in [1.29, 1.82) is 0 Å². The van der Waals surface area contributed by atoms with Gasteiger partial charge in [0, 0.05) is 18.0 Å². The Hall–Kier alpha value is -3.67. The molecule has 0 spiro atoms. The number of rotatable bonds is 4. The van der Waals surface area contributed by atoms with Crippen LogP contribution in [-0.4, -0.2) is 73.4 Å². The van der Waals surface area contributed by atoms with Gasteiger partial charge in [0.05, 0.1) is 37.4 Å². The summed E-state index contributed by atoms with van der Waals surface area (Å²) in [7, 11) is 0. The summed E-state index contributed by atoms with van der Waals surface area (Å²) < 4.78 is 61.5. The maximum absolute atomic E-state index is 16.1. The number of aliphatic hydroxyl groups is 1. The zero-order chi connectivity index (χ0) is 26.8. The van der Waals surface area contributed by atoms with Crippen LogP contribution in [0.5, 0.6) is 0 Å². The second-order valence-electron chi connectivity index (χ2n) is 10.0. The summed E-state index contributed by atoms with van der Waals surface area (Å²) in [5, 5.41) is 10.3. The summed E-state index contributed by atoms with van der Waals surface area (Å²) in [4.78, 5) is 31.7. The monoisotopic (exact) mass is 516 g/mol. The summed E-state index contributed by atoms with van der Waals surface area (Å²) in [6.07, 6.45) is 2.87. The number of hydrogen-bond donors (Lipinski definition) is 1. The third-order valence-electron chi connectivity index (χ3n) is 6.76. The summed E-state index contributed by atoms with van der Waals surface area (Å²) in [5.41, 5.74) is -7.31. The molecule has 4 heterocycles. The largest absolute Gasteiger partial charge is 0.384 e. The Morgan fingerprint density at radius 2 is 1.62 bits per heavy atom. The van der Waals surface area contributed by atoms with Crippen LogP contribution < -0.4 is 4.90 Å². The fourth-order valence-corrected chi connectivity index (χ4v) is 4.89. The van der Waals surface area contributed by atoms with Crippen LogP contribution in [0.2, 0.25) is 0 Å². The van der Waals surface area contributed by atoms with Crippen LogP contribution in [0.4, 0.5) is 23.5 Å². The van der Waals surface area contributed by atoms with Crippen molar-refractivity contribution in [3.05, 3.63) is 65.2 Å². The molecule has 0 unspecified atom stereocenters. The minimum atomic E-state index is -2.52. The number of hydrogen-bond acceptors (Lipinski definition) is 7. The molecule has 2 aliphatic rings. The minimum absolute atomic E-state index is 0.0768. The molecule has 12 heteroatoms. The predicted octanol–water partition coefficient (Wildman–Crippen LogP) is 3.14. The zero-order valence-electron chi connectivity index (χ0n) is 20.3. The Kier molecular flexibility index (Phi) is 5.70. The molecule has 1 amide bonds. The first-order chi connectivity index (χ1) is 17.3. The van der Waals surface area contributed by atoms with E-state index >= 15 is 8.78 Å². The van der Waals surface area contributed by atoms with Gasteiger partial charge < -0.3 is 14.9 Å². The summed E-state index contributed by atoms with van der Waals surface area (Å²) in [5.74, 6) is -2.57. The van der Waals surface area contributed by atoms with E-state index in [2.05, 4.69) is 19.9 Å². The highest BCUT2D eigenvalue weighted by molar-refractivity contribution is 6.00. The van der Waals surface area contributed by atoms with Crippen LogP contribution in [0, 0.1) is 18.6 Å². The van der Waals surface area contributed by atoms with Crippen LogP contribution in [0.25, 0.3) is 11.4 Å². The highest BCUT2D eigenvalue weighted by atomic mass is 19.2. The Morgan fingerprint density at radius 3 is 2.22 bits per heavy atom. The van der Waals surface area contributed by atoms with Crippen LogP contribution in [0.15, 0.2) is 36.7 Å². The first-order valence-electron chi connectivity index (χ1n) is 11.6. The number of nitrogens with zero attached hydrogens (tertiary/aromatic N) is 6. The number of fused-ring (bicyclic) bond motifs is 1. The smallest absolute Gasteiger partial charge is 0.257 e. The predicted molar refractivity (Wildman–Crippen MR) is 125 cm³/mol. The molecule has 8 nitrogen and oxygen atoms in total. The molecule has 2 aliphatic heterocycles. The molecule has 2 saturated heterocycles. The van der Waals surface area contributed by atoms with Gasteiger partial charge in [0.15, 0.2) is 23.0 Å². The first-order valence-corrected chi connectivity index (χ1v) is 11.6. The number of carbonyl (C=O) groups excluding carboxylic acids is 1. The Balaban J connectivity index is 1.43. The second-order valence-corrected chi connectivity index (χ2v) is 10.0. The maximum Gasteiger partial charge on any atom is 0.257 e. The summed E-state index contributed by atoms with van der Waals surface area (Å²) in [6, 6.07) is 5.51. The molecule has 0 radical (unpaired) electrons. The van der Waals surface area contributed by atoms with Gasteiger partial charge in [0.2, 0.25) is 5.95 Å². The number of aryl methyl sites for hydroxylation is 1. The summed E-state index contributed by atoms with van der Waals surface area (Å²) >= 11 is 0. The molecule has 3 aromatic rings. The maximum atomic E-state index is 16.1. The molecule has 0 bridgehead atoms. The highest BCUT2D eigenvalue weighted by Gasteiger charge is 2.67. The molecule has 2 atom stereocenters. The number of likely N-dealkylation sites (tertiary alicyclic amines) is 1. The van der Waals surface area contributed by atoms with Crippen molar-refractivity contribution in [2.75, 3.05) is 31.1 Å². The topological polar surface area (TPSA) is 95.3 Å². The van der Waals surface area contributed by atoms with Gasteiger partial charge in [-0.05, 0) is 32.9 Å². The molecule has 5 rings (SSSR count). The molecule has 2 fully saturated rings. The molecule has 1 aromatic carbocycles. The number of carbonyl (C=O) groups is 1. The third kappa shape index (κ3) is 4.08. The molecular weight excluding hydrogens is 492 g/mol. The zero-order valence-corrected chi connectivity index (χ0v) is 20.3. The van der Waals surface area contributed by atoms with Crippen molar-refractivity contribution in [3.8, 4) is 11.4 Å². The molecule has 194 valence electrons. The molecule has 37 heavy (non-hydrogen) atoms. The quantitative estimate of drug-likeness (QED) is 0.533. The lowest BCUT2D eigenvalue weighted by Gasteiger charge is -2.25. The number of amides is 1. The van der Waals surface area contributed by atoms with E-state index in [9.17, 15) is 18.7 Å². The Bertz CT molecular complexity index is 1370. The lowest BCUT2D eigenvalue weighted by molar-refractivity contribution is 0.0491. The van der Waals surface area contributed by atoms with E-state index < -0.39 is 60.7 Å². The Labute approximate surface area is 210 Å². The van der Waals surface area contributed by atoms with Crippen molar-refractivity contribution >= 4 is 11.9 Å². The molecular formula is C25H24F4N6O2. The summed E-state index contributed by atoms with van der Waals surface area (Å²) in [6.45, 7) is 1.74. The number of benzene rings is 1. The molecule has 1 N–H and O–H groups in total. The van der Waals surface area contributed by atoms with Gasteiger partial charge in [0.25, 0.3) is 5.91 Å². The van der Waals surface area contributed by atoms with E-state index in [1.807, 2.05) is 0 Å². The van der Waals surface area contributed by atoms with Gasteiger partial charge in [-0.25, -0.2) is 37.5 Å². The van der Waals surface area contributed by atoms with E-state index in [-0.39, 0.29) is 34.3 Å². The molecule has 0 saturated carbocycles. The van der Waals surface area contributed by atoms with E-state index in [1.165, 1.54) is 50.2 Å². The normalized spacial score (nSPS) is 23.5. The van der Waals surface area contributed by atoms with E-state index in [0.717, 1.165) is 11.0 Å². The van der Waals surface area contributed by atoms with Crippen LogP contribution in [0.3, 0.4) is 0 Å². The van der Waals surface area contributed by atoms with Gasteiger partial charge in [-0.3, -0.25) is 4.79 Å². The van der Waals surface area contributed by atoms with E-state index in [4.69, 9.17) is 0 Å². The standard InChI is InChI=1S/C25H24F4N6O2/c1-14-18(27)19(23(2,3)37)33-22(32-14)35-12-24(28)10-34(11-25(24,29)13-35)21(36)17-15(6-4-7-16(17)26)20-30-8-5-9-31-20/h4-9,37H,10-13H2,1-3H3/t24-,25+. The third-order valence-corrected chi connectivity index (χ3v) is 6.76. The fourth-order valence-electron chi connectivity index (χ4n) is 4.89. The van der Waals surface area contributed by atoms with Crippen molar-refractivity contribution in [2.45, 2.75) is 37.7 Å². The highest BCUT2D eigenvalue weighted by Crippen LogP contribution is 2.46. The van der Waals surface area contributed by atoms with Gasteiger partial charge in [0.1, 0.15) is 17.1 Å². The van der Waals surface area contributed by atoms with Gasteiger partial charge >= 0.3 is 0 Å². The van der Waals surface area contributed by atoms with Crippen molar-refractivity contribution in [2.24, 2.45) is 0 Å². The fraction of sp³-hybridized carbons (Fsp3) is 0.400. The molecule has 0 aliphatic carbocycles. The van der Waals surface area contributed by atoms with Crippen LogP contribution in [0.1, 0.15) is 35.6 Å². The van der Waals surface area contributed by atoms with Crippen molar-refractivity contribution in [3.63, 3.8) is 0 Å². The second kappa shape index (κ2) is 8.44. The van der Waals surface area contributed by atoms with Crippen molar-refractivity contribution < 1.29 is 27.5 Å². The number of aromatic nitrogens is 4. The van der Waals surface area contributed by atoms with E-state index in [1.54, 1.807) is 6.07 Å². The van der Waals surface area contributed by atoms with E-state index in [0.29, 0.717) is 0 Å². The molecule has 2 aromatic heterocycles. The lowest BCUT2D eigenvalue weighted by Crippen LogP contribution is -2.44. The SMILES string of the molecule is Cc1nc(N2C[C@]3(F)CN(C(=O)c4c(F)cccc4-c4ncccn4)C[C@]3(F)C2)nc(C(C)(C)O)c1F.